The molecule has 1 N–H and O–H groups in total. The Morgan fingerprint density at radius 3 is 2.81 bits per heavy atom. The third-order valence-corrected chi connectivity index (χ3v) is 7.57. The Kier molecular flexibility index (Phi) is 4.04. The lowest BCUT2D eigenvalue weighted by Gasteiger charge is -2.39. The van der Waals surface area contributed by atoms with Gasteiger partial charge in [-0.3, -0.25) is 0 Å². The Morgan fingerprint density at radius 1 is 1.11 bits per heavy atom. The molecule has 2 aromatic rings. The number of ether oxygens (including phenoxy) is 2. The fourth-order valence-electron chi connectivity index (χ4n) is 4.48. The third-order valence-electron chi connectivity index (χ3n) is 6.08. The monoisotopic (exact) mass is 385 g/mol. The highest BCUT2D eigenvalue weighted by Crippen LogP contribution is 2.39. The quantitative estimate of drug-likeness (QED) is 0.879. The maximum absolute atomic E-state index is 12.8. The highest BCUT2D eigenvalue weighted by atomic mass is 32.2. The van der Waals surface area contributed by atoms with Crippen molar-refractivity contribution in [3.05, 3.63) is 47.5 Å². The second kappa shape index (κ2) is 6.33. The van der Waals surface area contributed by atoms with Gasteiger partial charge in [-0.15, -0.1) is 0 Å². The van der Waals surface area contributed by atoms with Gasteiger partial charge in [0, 0.05) is 25.0 Å². The maximum Gasteiger partial charge on any atom is 0.240 e. The van der Waals surface area contributed by atoms with E-state index in [9.17, 15) is 8.42 Å². The number of rotatable bonds is 4. The van der Waals surface area contributed by atoms with Crippen LogP contribution in [0, 0.1) is 12.8 Å². The molecular weight excluding hydrogens is 362 g/mol. The lowest BCUT2D eigenvalue weighted by molar-refractivity contribution is 0.0143. The molecule has 0 amide bonds. The van der Waals surface area contributed by atoms with Crippen molar-refractivity contribution in [3.8, 4) is 16.9 Å². The van der Waals surface area contributed by atoms with Crippen LogP contribution in [0.25, 0.3) is 11.1 Å². The van der Waals surface area contributed by atoms with Crippen molar-refractivity contribution in [3.63, 3.8) is 0 Å². The summed E-state index contributed by atoms with van der Waals surface area (Å²) in [6.45, 7) is 3.43. The minimum Gasteiger partial charge on any atom is -0.493 e. The predicted octanol–water partition coefficient (Wildman–Crippen LogP) is 3.05. The Labute approximate surface area is 159 Å². The van der Waals surface area contributed by atoms with E-state index in [0.717, 1.165) is 54.9 Å². The Balaban J connectivity index is 1.39. The Morgan fingerprint density at radius 2 is 2.00 bits per heavy atom. The molecule has 3 atom stereocenters. The summed E-state index contributed by atoms with van der Waals surface area (Å²) in [6, 6.07) is 11.6. The summed E-state index contributed by atoms with van der Waals surface area (Å²) in [5, 5.41) is 0. The summed E-state index contributed by atoms with van der Waals surface area (Å²) >= 11 is 0. The van der Waals surface area contributed by atoms with E-state index in [1.165, 1.54) is 5.56 Å². The Hall–Kier alpha value is -1.89. The van der Waals surface area contributed by atoms with Gasteiger partial charge in [-0.1, -0.05) is 12.1 Å². The van der Waals surface area contributed by atoms with Crippen LogP contribution in [0.3, 0.4) is 0 Å². The molecule has 0 bridgehead atoms. The molecule has 2 aliphatic heterocycles. The van der Waals surface area contributed by atoms with E-state index in [0.29, 0.717) is 10.8 Å². The fourth-order valence-corrected chi connectivity index (χ4v) is 5.87. The van der Waals surface area contributed by atoms with Gasteiger partial charge in [-0.05, 0) is 66.3 Å². The van der Waals surface area contributed by atoms with Crippen LogP contribution < -0.4 is 9.46 Å². The number of benzene rings is 2. The summed E-state index contributed by atoms with van der Waals surface area (Å²) in [7, 11) is -3.52. The molecule has 5 rings (SSSR count). The molecule has 2 fully saturated rings. The molecule has 0 radical (unpaired) electrons. The average molecular weight is 385 g/mol. The van der Waals surface area contributed by atoms with Crippen molar-refractivity contribution in [2.45, 2.75) is 43.2 Å². The van der Waals surface area contributed by atoms with Crippen molar-refractivity contribution in [2.24, 2.45) is 5.92 Å². The van der Waals surface area contributed by atoms with Crippen LogP contribution in [-0.4, -0.2) is 33.8 Å². The van der Waals surface area contributed by atoms with Gasteiger partial charge in [0.15, 0.2) is 0 Å². The molecule has 6 heteroatoms. The molecule has 0 aromatic heterocycles. The minimum atomic E-state index is -3.52. The molecule has 1 saturated heterocycles. The van der Waals surface area contributed by atoms with Crippen LogP contribution in [0.15, 0.2) is 41.3 Å². The summed E-state index contributed by atoms with van der Waals surface area (Å²) in [5.74, 6) is 1.28. The van der Waals surface area contributed by atoms with Gasteiger partial charge in [-0.2, -0.15) is 0 Å². The smallest absolute Gasteiger partial charge is 0.240 e. The first-order valence-electron chi connectivity index (χ1n) is 9.52. The number of fused-ring (bicyclic) bond motifs is 2. The first-order valence-corrected chi connectivity index (χ1v) is 11.0. The molecule has 5 nitrogen and oxygen atoms in total. The maximum atomic E-state index is 12.8. The normalized spacial score (nSPS) is 26.2. The molecular formula is C21H23NO4S. The number of hydrogen-bond acceptors (Lipinski definition) is 4. The van der Waals surface area contributed by atoms with Crippen LogP contribution in [-0.2, 0) is 21.2 Å². The first-order chi connectivity index (χ1) is 13.0. The van der Waals surface area contributed by atoms with E-state index < -0.39 is 10.0 Å². The highest BCUT2D eigenvalue weighted by Gasteiger charge is 2.46. The molecule has 3 aliphatic rings. The van der Waals surface area contributed by atoms with Crippen LogP contribution >= 0.6 is 0 Å². The molecule has 1 saturated carbocycles. The number of sulfonamides is 1. The molecule has 1 aliphatic carbocycles. The van der Waals surface area contributed by atoms with Gasteiger partial charge in [0.2, 0.25) is 10.0 Å². The van der Waals surface area contributed by atoms with Crippen molar-refractivity contribution in [1.29, 1.82) is 0 Å². The van der Waals surface area contributed by atoms with E-state index in [2.05, 4.69) is 10.8 Å². The first kappa shape index (κ1) is 17.2. The van der Waals surface area contributed by atoms with E-state index in [4.69, 9.17) is 9.47 Å². The Bertz CT molecular complexity index is 1000. The van der Waals surface area contributed by atoms with E-state index >= 15 is 0 Å². The summed E-state index contributed by atoms with van der Waals surface area (Å²) < 4.78 is 39.6. The van der Waals surface area contributed by atoms with Crippen molar-refractivity contribution in [1.82, 2.24) is 4.72 Å². The molecule has 0 spiro atoms. The van der Waals surface area contributed by atoms with Crippen molar-refractivity contribution in [2.75, 3.05) is 13.2 Å². The van der Waals surface area contributed by atoms with Crippen LogP contribution in [0.4, 0.5) is 0 Å². The largest absolute Gasteiger partial charge is 0.493 e. The number of nitrogens with one attached hydrogen (secondary N) is 1. The zero-order valence-corrected chi connectivity index (χ0v) is 16.1. The second-order valence-electron chi connectivity index (χ2n) is 7.72. The van der Waals surface area contributed by atoms with Crippen molar-refractivity contribution < 1.29 is 17.9 Å². The van der Waals surface area contributed by atoms with Gasteiger partial charge in [0.05, 0.1) is 17.6 Å². The zero-order valence-electron chi connectivity index (χ0n) is 15.3. The van der Waals surface area contributed by atoms with E-state index in [-0.39, 0.29) is 12.1 Å². The van der Waals surface area contributed by atoms with Gasteiger partial charge in [0.1, 0.15) is 5.75 Å². The third kappa shape index (κ3) is 2.96. The van der Waals surface area contributed by atoms with Gasteiger partial charge in [0.25, 0.3) is 0 Å². The fraction of sp³-hybridized carbons (Fsp3) is 0.429. The second-order valence-corrected chi connectivity index (χ2v) is 9.44. The van der Waals surface area contributed by atoms with Crippen LogP contribution in [0.2, 0.25) is 0 Å². The number of hydrogen-bond donors (Lipinski definition) is 1. The molecule has 2 heterocycles. The summed E-state index contributed by atoms with van der Waals surface area (Å²) in [5.41, 5.74) is 4.31. The van der Waals surface area contributed by atoms with Gasteiger partial charge < -0.3 is 9.47 Å². The van der Waals surface area contributed by atoms with Crippen LogP contribution in [0.5, 0.6) is 5.75 Å². The van der Waals surface area contributed by atoms with Crippen LogP contribution in [0.1, 0.15) is 24.0 Å². The molecule has 2 aromatic carbocycles. The van der Waals surface area contributed by atoms with E-state index in [1.54, 1.807) is 12.1 Å². The SMILES string of the molecule is Cc1cc(S(=O)(=O)N[C@@H]2C[C@H]3OCC[C@@H]23)ccc1-c1ccc2c(c1)CCO2. The lowest BCUT2D eigenvalue weighted by atomic mass is 9.77. The number of aryl methyl sites for hydroxylation is 1. The molecule has 142 valence electrons. The average Bonchev–Trinajstić information content (AvgIpc) is 3.25. The van der Waals surface area contributed by atoms with E-state index in [1.807, 2.05) is 25.1 Å². The standard InChI is InChI=1S/C21H23NO4S/c1-13-10-16(27(23,24)22-19-12-21-18(19)7-9-26-21)3-4-17(13)14-2-5-20-15(11-14)6-8-25-20/h2-5,10-11,18-19,21-22H,6-9,12H2,1H3/t18-,19+,21+/m0/s1. The van der Waals surface area contributed by atoms with Gasteiger partial charge >= 0.3 is 0 Å². The topological polar surface area (TPSA) is 64.6 Å². The molecule has 0 unspecified atom stereocenters. The highest BCUT2D eigenvalue weighted by molar-refractivity contribution is 7.89. The minimum absolute atomic E-state index is 0.000747. The molecule has 27 heavy (non-hydrogen) atoms. The van der Waals surface area contributed by atoms with Crippen molar-refractivity contribution >= 4 is 10.0 Å². The summed E-state index contributed by atoms with van der Waals surface area (Å²) in [6.07, 6.45) is 2.88. The van der Waals surface area contributed by atoms with Gasteiger partial charge in [-0.25, -0.2) is 13.1 Å². The summed E-state index contributed by atoms with van der Waals surface area (Å²) in [4.78, 5) is 0.329. The lowest BCUT2D eigenvalue weighted by Crippen LogP contribution is -2.53. The zero-order chi connectivity index (χ0) is 18.6. The predicted molar refractivity (Wildman–Crippen MR) is 102 cm³/mol.